The summed E-state index contributed by atoms with van der Waals surface area (Å²) in [6, 6.07) is 14.0. The summed E-state index contributed by atoms with van der Waals surface area (Å²) in [7, 11) is 0. The fourth-order valence-corrected chi connectivity index (χ4v) is 3.56. The van der Waals surface area contributed by atoms with Gasteiger partial charge < -0.3 is 5.11 Å². The highest BCUT2D eigenvalue weighted by Crippen LogP contribution is 2.35. The van der Waals surface area contributed by atoms with E-state index in [1.807, 2.05) is 12.1 Å². The van der Waals surface area contributed by atoms with Crippen molar-refractivity contribution >= 4 is 23.2 Å². The Morgan fingerprint density at radius 3 is 2.71 bits per heavy atom. The molecule has 0 heterocycles. The summed E-state index contributed by atoms with van der Waals surface area (Å²) in [5.41, 5.74) is 3.71. The van der Waals surface area contributed by atoms with E-state index in [-0.39, 0.29) is 12.0 Å². The second-order valence-corrected chi connectivity index (χ2v) is 6.53. The van der Waals surface area contributed by atoms with Gasteiger partial charge in [-0.15, -0.1) is 0 Å². The SMILES string of the molecule is OC(Cc1ccc(Cl)c(Cl)c1)C1CCCc2ccccc21. The van der Waals surface area contributed by atoms with Crippen LogP contribution in [0.5, 0.6) is 0 Å². The fourth-order valence-electron chi connectivity index (χ4n) is 3.24. The lowest BCUT2D eigenvalue weighted by Crippen LogP contribution is -2.24. The average molecular weight is 321 g/mol. The zero-order valence-corrected chi connectivity index (χ0v) is 13.2. The van der Waals surface area contributed by atoms with Crippen molar-refractivity contribution in [3.63, 3.8) is 0 Å². The normalized spacial score (nSPS) is 19.1. The molecule has 0 radical (unpaired) electrons. The number of fused-ring (bicyclic) bond motifs is 1. The monoisotopic (exact) mass is 320 g/mol. The number of aryl methyl sites for hydroxylation is 1. The van der Waals surface area contributed by atoms with Crippen LogP contribution in [0.15, 0.2) is 42.5 Å². The van der Waals surface area contributed by atoms with Crippen molar-refractivity contribution in [2.75, 3.05) is 0 Å². The summed E-state index contributed by atoms with van der Waals surface area (Å²) in [5, 5.41) is 11.8. The van der Waals surface area contributed by atoms with Crippen LogP contribution in [0.1, 0.15) is 35.4 Å². The second kappa shape index (κ2) is 6.39. The molecule has 0 saturated carbocycles. The maximum atomic E-state index is 10.7. The molecule has 3 heteroatoms. The van der Waals surface area contributed by atoms with Crippen LogP contribution in [0, 0.1) is 0 Å². The van der Waals surface area contributed by atoms with Gasteiger partial charge in [-0.2, -0.15) is 0 Å². The lowest BCUT2D eigenvalue weighted by atomic mass is 9.78. The number of hydrogen-bond acceptors (Lipinski definition) is 1. The van der Waals surface area contributed by atoms with E-state index in [2.05, 4.69) is 24.3 Å². The van der Waals surface area contributed by atoms with Crippen molar-refractivity contribution in [3.05, 3.63) is 69.2 Å². The maximum Gasteiger partial charge on any atom is 0.0649 e. The predicted octanol–water partition coefficient (Wildman–Crippen LogP) is 5.02. The smallest absolute Gasteiger partial charge is 0.0649 e. The predicted molar refractivity (Wildman–Crippen MR) is 88.3 cm³/mol. The highest BCUT2D eigenvalue weighted by Gasteiger charge is 2.26. The number of halogens is 2. The molecule has 0 aromatic heterocycles. The van der Waals surface area contributed by atoms with Crippen molar-refractivity contribution in [2.45, 2.75) is 37.7 Å². The van der Waals surface area contributed by atoms with Crippen LogP contribution in [0.3, 0.4) is 0 Å². The molecular weight excluding hydrogens is 303 g/mol. The minimum Gasteiger partial charge on any atom is -0.392 e. The van der Waals surface area contributed by atoms with Gasteiger partial charge in [0.05, 0.1) is 16.1 Å². The summed E-state index contributed by atoms with van der Waals surface area (Å²) in [5.74, 6) is 0.212. The first-order chi connectivity index (χ1) is 10.1. The second-order valence-electron chi connectivity index (χ2n) is 5.72. The summed E-state index contributed by atoms with van der Waals surface area (Å²) in [6.07, 6.45) is 3.52. The van der Waals surface area contributed by atoms with Gasteiger partial charge >= 0.3 is 0 Å². The van der Waals surface area contributed by atoms with Gasteiger partial charge in [-0.05, 0) is 54.5 Å². The molecule has 0 fully saturated rings. The molecule has 0 saturated heterocycles. The minimum atomic E-state index is -0.385. The molecule has 2 aromatic rings. The van der Waals surface area contributed by atoms with Gasteiger partial charge in [0.1, 0.15) is 0 Å². The average Bonchev–Trinajstić information content (AvgIpc) is 2.50. The topological polar surface area (TPSA) is 20.2 Å². The molecular formula is C18H18Cl2O. The van der Waals surface area contributed by atoms with Gasteiger partial charge in [-0.3, -0.25) is 0 Å². The first-order valence-corrected chi connectivity index (χ1v) is 8.10. The summed E-state index contributed by atoms with van der Waals surface area (Å²) in [6.45, 7) is 0. The lowest BCUT2D eigenvalue weighted by Gasteiger charge is -2.29. The van der Waals surface area contributed by atoms with Crippen LogP contribution in [-0.4, -0.2) is 11.2 Å². The first kappa shape index (κ1) is 14.9. The molecule has 0 aliphatic heterocycles. The Labute approximate surface area is 135 Å². The molecule has 0 amide bonds. The molecule has 1 nitrogen and oxygen atoms in total. The van der Waals surface area contributed by atoms with Crippen molar-refractivity contribution in [1.29, 1.82) is 0 Å². The fraction of sp³-hybridized carbons (Fsp3) is 0.333. The zero-order chi connectivity index (χ0) is 14.8. The van der Waals surface area contributed by atoms with E-state index >= 15 is 0 Å². The summed E-state index contributed by atoms with van der Waals surface area (Å²) in [4.78, 5) is 0. The number of benzene rings is 2. The molecule has 2 unspecified atom stereocenters. The van der Waals surface area contributed by atoms with Crippen LogP contribution >= 0.6 is 23.2 Å². The highest BCUT2D eigenvalue weighted by molar-refractivity contribution is 6.42. The molecule has 21 heavy (non-hydrogen) atoms. The molecule has 0 spiro atoms. The van der Waals surface area contributed by atoms with Crippen LogP contribution in [-0.2, 0) is 12.8 Å². The van der Waals surface area contributed by atoms with Gasteiger partial charge in [0.15, 0.2) is 0 Å². The molecule has 110 valence electrons. The van der Waals surface area contributed by atoms with E-state index in [1.54, 1.807) is 6.07 Å². The number of hydrogen-bond donors (Lipinski definition) is 1. The third-order valence-corrected chi connectivity index (χ3v) is 5.05. The minimum absolute atomic E-state index is 0.212. The Morgan fingerprint density at radius 1 is 1.10 bits per heavy atom. The lowest BCUT2D eigenvalue weighted by molar-refractivity contribution is 0.134. The number of rotatable bonds is 3. The molecule has 1 N–H and O–H groups in total. The third-order valence-electron chi connectivity index (χ3n) is 4.31. The van der Waals surface area contributed by atoms with Gasteiger partial charge in [-0.1, -0.05) is 53.5 Å². The largest absolute Gasteiger partial charge is 0.392 e. The molecule has 3 rings (SSSR count). The summed E-state index contributed by atoms with van der Waals surface area (Å²) < 4.78 is 0. The Kier molecular flexibility index (Phi) is 4.54. The van der Waals surface area contributed by atoms with Crippen LogP contribution in [0.2, 0.25) is 10.0 Å². The van der Waals surface area contributed by atoms with E-state index in [0.29, 0.717) is 16.5 Å². The first-order valence-electron chi connectivity index (χ1n) is 7.35. The standard InChI is InChI=1S/C18H18Cl2O/c19-16-9-8-12(10-17(16)20)11-18(21)15-7-3-5-13-4-1-2-6-14(13)15/h1-2,4,6,8-10,15,18,21H,3,5,7,11H2. The van der Waals surface area contributed by atoms with Crippen LogP contribution in [0.25, 0.3) is 0 Å². The van der Waals surface area contributed by atoms with Crippen LogP contribution in [0.4, 0.5) is 0 Å². The van der Waals surface area contributed by atoms with E-state index in [4.69, 9.17) is 23.2 Å². The van der Waals surface area contributed by atoms with Crippen LogP contribution < -0.4 is 0 Å². The van der Waals surface area contributed by atoms with E-state index in [9.17, 15) is 5.11 Å². The van der Waals surface area contributed by atoms with Crippen molar-refractivity contribution in [1.82, 2.24) is 0 Å². The molecule has 0 bridgehead atoms. The Balaban J connectivity index is 1.80. The highest BCUT2D eigenvalue weighted by atomic mass is 35.5. The Morgan fingerprint density at radius 2 is 1.90 bits per heavy atom. The molecule has 2 aromatic carbocycles. The molecule has 1 aliphatic rings. The molecule has 2 atom stereocenters. The maximum absolute atomic E-state index is 10.7. The van der Waals surface area contributed by atoms with Gasteiger partial charge in [0, 0.05) is 5.92 Å². The number of aliphatic hydroxyl groups is 1. The Bertz CT molecular complexity index is 639. The van der Waals surface area contributed by atoms with Crippen molar-refractivity contribution in [3.8, 4) is 0 Å². The third kappa shape index (κ3) is 3.26. The van der Waals surface area contributed by atoms with E-state index in [1.165, 1.54) is 11.1 Å². The van der Waals surface area contributed by atoms with Crippen molar-refractivity contribution in [2.24, 2.45) is 0 Å². The zero-order valence-electron chi connectivity index (χ0n) is 11.7. The van der Waals surface area contributed by atoms with Gasteiger partial charge in [0.25, 0.3) is 0 Å². The van der Waals surface area contributed by atoms with Crippen molar-refractivity contribution < 1.29 is 5.11 Å². The number of aliphatic hydroxyl groups excluding tert-OH is 1. The molecule has 1 aliphatic carbocycles. The van der Waals surface area contributed by atoms with E-state index in [0.717, 1.165) is 24.8 Å². The summed E-state index contributed by atoms with van der Waals surface area (Å²) >= 11 is 12.0. The van der Waals surface area contributed by atoms with Gasteiger partial charge in [0.2, 0.25) is 0 Å². The van der Waals surface area contributed by atoms with E-state index < -0.39 is 0 Å². The Hall–Kier alpha value is -1.02. The quantitative estimate of drug-likeness (QED) is 0.842. The van der Waals surface area contributed by atoms with Gasteiger partial charge in [-0.25, -0.2) is 0 Å².